The molecule has 6 heteroatoms. The van der Waals surface area contributed by atoms with Crippen molar-refractivity contribution in [1.82, 2.24) is 14.3 Å². The molecule has 0 aliphatic heterocycles. The average molecular weight is 327 g/mol. The highest BCUT2D eigenvalue weighted by atomic mass is 16.6. The van der Waals surface area contributed by atoms with E-state index >= 15 is 0 Å². The van der Waals surface area contributed by atoms with Crippen LogP contribution in [0.25, 0.3) is 5.70 Å². The van der Waals surface area contributed by atoms with Gasteiger partial charge in [-0.3, -0.25) is 0 Å². The van der Waals surface area contributed by atoms with Gasteiger partial charge >= 0.3 is 11.8 Å². The number of benzene rings is 1. The molecule has 1 aromatic heterocycles. The molecule has 0 amide bonds. The van der Waals surface area contributed by atoms with Crippen LogP contribution in [0.4, 0.5) is 4.79 Å². The zero-order chi connectivity index (χ0) is 17.5. The number of hydrogen-bond acceptors (Lipinski definition) is 4. The monoisotopic (exact) mass is 327 g/mol. The topological polar surface area (TPSA) is 66.1 Å². The van der Waals surface area contributed by atoms with Gasteiger partial charge in [0.1, 0.15) is 11.4 Å². The highest BCUT2D eigenvalue weighted by Gasteiger charge is 2.27. The number of rotatable bonds is 2. The van der Waals surface area contributed by atoms with Crippen LogP contribution in [0.5, 0.6) is 0 Å². The number of aromatic nitrogens is 3. The molecule has 0 spiro atoms. The third-order valence-corrected chi connectivity index (χ3v) is 3.61. The number of nitrogens with zero attached hydrogens (tertiary/aromatic N) is 3. The van der Waals surface area contributed by atoms with Gasteiger partial charge in [-0.2, -0.15) is 9.25 Å². The maximum absolute atomic E-state index is 12.8. The maximum atomic E-state index is 12.8. The average Bonchev–Trinajstić information content (AvgIpc) is 3.26. The second kappa shape index (κ2) is 5.78. The van der Waals surface area contributed by atoms with Crippen molar-refractivity contribution in [3.05, 3.63) is 57.8 Å². The van der Waals surface area contributed by atoms with E-state index in [-0.39, 0.29) is 0 Å². The quantitative estimate of drug-likeness (QED) is 0.849. The van der Waals surface area contributed by atoms with Gasteiger partial charge in [0.25, 0.3) is 0 Å². The number of ether oxygens (including phenoxy) is 1. The van der Waals surface area contributed by atoms with E-state index in [0.717, 1.165) is 34.2 Å². The maximum Gasteiger partial charge on any atom is 0.424 e. The smallest absolute Gasteiger partial charge is 0.424 e. The molecule has 0 N–H and O–H groups in total. The normalized spacial score (nSPS) is 13.8. The van der Waals surface area contributed by atoms with E-state index in [9.17, 15) is 9.59 Å². The first kappa shape index (κ1) is 16.2. The summed E-state index contributed by atoms with van der Waals surface area (Å²) in [6, 6.07) is 9.64. The van der Waals surface area contributed by atoms with E-state index in [2.05, 4.69) is 5.10 Å². The minimum Gasteiger partial charge on any atom is -0.443 e. The molecule has 1 aliphatic rings. The summed E-state index contributed by atoms with van der Waals surface area (Å²) in [6.07, 6.45) is 1.17. The lowest BCUT2D eigenvalue weighted by Gasteiger charge is -2.19. The fourth-order valence-electron chi connectivity index (χ4n) is 2.50. The van der Waals surface area contributed by atoms with Crippen molar-refractivity contribution in [1.29, 1.82) is 0 Å². The lowest BCUT2D eigenvalue weighted by molar-refractivity contribution is 0.0527. The molecule has 24 heavy (non-hydrogen) atoms. The molecule has 2 aromatic rings. The third kappa shape index (κ3) is 3.18. The van der Waals surface area contributed by atoms with Crippen LogP contribution in [0.3, 0.4) is 0 Å². The van der Waals surface area contributed by atoms with Crippen LogP contribution in [0.1, 0.15) is 45.0 Å². The van der Waals surface area contributed by atoms with Crippen LogP contribution < -0.4 is 5.69 Å². The summed E-state index contributed by atoms with van der Waals surface area (Å²) >= 11 is 0. The fourth-order valence-corrected chi connectivity index (χ4v) is 2.50. The molecule has 0 unspecified atom stereocenters. The van der Waals surface area contributed by atoms with Crippen LogP contribution in [0.15, 0.2) is 40.7 Å². The van der Waals surface area contributed by atoms with Crippen LogP contribution >= 0.6 is 0 Å². The third-order valence-electron chi connectivity index (χ3n) is 3.61. The van der Waals surface area contributed by atoms with Gasteiger partial charge in [-0.15, -0.1) is 5.10 Å². The number of allylic oxidation sites excluding steroid dienone is 1. The number of hydrogen-bond donors (Lipinski definition) is 0. The number of carbonyl (C=O) groups excluding carboxylic acids is 1. The molecule has 0 atom stereocenters. The Kier molecular flexibility index (Phi) is 3.91. The molecule has 1 saturated carbocycles. The molecular weight excluding hydrogens is 306 g/mol. The first-order valence-electron chi connectivity index (χ1n) is 7.98. The predicted octanol–water partition coefficient (Wildman–Crippen LogP) is 3.19. The van der Waals surface area contributed by atoms with E-state index in [1.165, 1.54) is 4.68 Å². The largest absolute Gasteiger partial charge is 0.443 e. The molecule has 126 valence electrons. The van der Waals surface area contributed by atoms with Crippen LogP contribution in [0, 0.1) is 6.92 Å². The van der Waals surface area contributed by atoms with E-state index in [1.54, 1.807) is 27.7 Å². The molecule has 3 rings (SSSR count). The number of carbonyl (C=O) groups is 1. The molecule has 6 nitrogen and oxygen atoms in total. The van der Waals surface area contributed by atoms with Crippen LogP contribution in [-0.2, 0) is 4.74 Å². The van der Waals surface area contributed by atoms with Gasteiger partial charge < -0.3 is 4.74 Å². The first-order chi connectivity index (χ1) is 11.3. The first-order valence-corrected chi connectivity index (χ1v) is 7.98. The van der Waals surface area contributed by atoms with Crippen LogP contribution in [0.2, 0.25) is 0 Å². The Hall–Kier alpha value is -2.63. The Bertz CT molecular complexity index is 861. The Balaban J connectivity index is 2.08. The van der Waals surface area contributed by atoms with Crippen molar-refractivity contribution >= 4 is 11.8 Å². The summed E-state index contributed by atoms with van der Waals surface area (Å²) in [5.41, 5.74) is 1.67. The summed E-state index contributed by atoms with van der Waals surface area (Å²) in [6.45, 7) is 6.91. The molecule has 1 fully saturated rings. The van der Waals surface area contributed by atoms with Crippen molar-refractivity contribution in [3.63, 3.8) is 0 Å². The van der Waals surface area contributed by atoms with Crippen molar-refractivity contribution in [2.75, 3.05) is 0 Å². The second-order valence-corrected chi connectivity index (χ2v) is 6.88. The zero-order valence-corrected chi connectivity index (χ0v) is 14.4. The van der Waals surface area contributed by atoms with Gasteiger partial charge in [0.15, 0.2) is 0 Å². The zero-order valence-electron chi connectivity index (χ0n) is 14.4. The molecule has 0 bridgehead atoms. The lowest BCUT2D eigenvalue weighted by atomic mass is 10.1. The Morgan fingerprint density at radius 1 is 1.17 bits per heavy atom. The Morgan fingerprint density at radius 2 is 1.79 bits per heavy atom. The fraction of sp³-hybridized carbons (Fsp3) is 0.389. The minimum atomic E-state index is -0.704. The van der Waals surface area contributed by atoms with Gasteiger partial charge in [0.2, 0.25) is 0 Å². The molecule has 1 aliphatic carbocycles. The summed E-state index contributed by atoms with van der Waals surface area (Å²) in [5, 5.41) is 4.31. The summed E-state index contributed by atoms with van der Waals surface area (Å²) in [7, 11) is 0. The van der Waals surface area contributed by atoms with E-state index in [4.69, 9.17) is 4.74 Å². The molecular formula is C18H21N3O3. The van der Waals surface area contributed by atoms with Crippen molar-refractivity contribution in [2.45, 2.75) is 46.1 Å². The second-order valence-electron chi connectivity index (χ2n) is 6.88. The van der Waals surface area contributed by atoms with Crippen molar-refractivity contribution in [2.24, 2.45) is 0 Å². The molecule has 0 saturated heterocycles. The van der Waals surface area contributed by atoms with Gasteiger partial charge in [-0.1, -0.05) is 30.3 Å². The number of aryl methyl sites for hydroxylation is 1. The Morgan fingerprint density at radius 3 is 2.33 bits per heavy atom. The summed E-state index contributed by atoms with van der Waals surface area (Å²) < 4.78 is 7.61. The van der Waals surface area contributed by atoms with Gasteiger partial charge in [-0.05, 0) is 46.1 Å². The highest BCUT2D eigenvalue weighted by molar-refractivity contribution is 5.74. The Labute approximate surface area is 140 Å². The summed E-state index contributed by atoms with van der Waals surface area (Å²) in [5.74, 6) is 0.309. The van der Waals surface area contributed by atoms with Crippen LogP contribution in [-0.4, -0.2) is 26.0 Å². The lowest BCUT2D eigenvalue weighted by Crippen LogP contribution is -2.35. The SMILES string of the molecule is Cc1nn(C(=C2CC2)c2ccccc2)c(=O)n1C(=O)OC(C)(C)C. The molecule has 1 heterocycles. The van der Waals surface area contributed by atoms with Gasteiger partial charge in [0.05, 0.1) is 5.70 Å². The predicted molar refractivity (Wildman–Crippen MR) is 90.9 cm³/mol. The van der Waals surface area contributed by atoms with Gasteiger partial charge in [-0.25, -0.2) is 9.59 Å². The van der Waals surface area contributed by atoms with Gasteiger partial charge in [0, 0.05) is 5.56 Å². The minimum absolute atomic E-state index is 0.309. The standard InChI is InChI=1S/C18H21N3O3/c1-12-19-21(16(22)20(12)17(23)24-18(2,3)4)15(14-10-11-14)13-8-6-5-7-9-13/h5-9H,10-11H2,1-4H3. The van der Waals surface area contributed by atoms with E-state index in [0.29, 0.717) is 5.82 Å². The highest BCUT2D eigenvalue weighted by Crippen LogP contribution is 2.36. The van der Waals surface area contributed by atoms with E-state index < -0.39 is 17.4 Å². The summed E-state index contributed by atoms with van der Waals surface area (Å²) in [4.78, 5) is 25.1. The van der Waals surface area contributed by atoms with Crippen molar-refractivity contribution < 1.29 is 9.53 Å². The van der Waals surface area contributed by atoms with E-state index in [1.807, 2.05) is 30.3 Å². The molecule has 0 radical (unpaired) electrons. The van der Waals surface area contributed by atoms with Crippen molar-refractivity contribution in [3.8, 4) is 0 Å². The molecule has 1 aromatic carbocycles.